The Labute approximate surface area is 195 Å². The minimum absolute atomic E-state index is 0.0163. The van der Waals surface area contributed by atoms with Crippen molar-refractivity contribution in [1.82, 2.24) is 0 Å². The fourth-order valence-corrected chi connectivity index (χ4v) is 4.21. The van der Waals surface area contributed by atoms with Gasteiger partial charge < -0.3 is 20.9 Å². The van der Waals surface area contributed by atoms with Gasteiger partial charge in [0.2, 0.25) is 0 Å². The van der Waals surface area contributed by atoms with Crippen molar-refractivity contribution in [2.24, 2.45) is 5.92 Å². The van der Waals surface area contributed by atoms with Crippen molar-refractivity contribution in [2.75, 3.05) is 18.1 Å². The van der Waals surface area contributed by atoms with Crippen molar-refractivity contribution in [1.29, 1.82) is 0 Å². The molecule has 4 N–H and O–H groups in total. The molecule has 1 saturated carbocycles. The summed E-state index contributed by atoms with van der Waals surface area (Å²) in [6.07, 6.45) is 10.2. The first kappa shape index (κ1) is 24.4. The number of carbonyl (C=O) groups is 2. The molecule has 3 rings (SSSR count). The number of nitrogen functional groups attached to an aromatic ring is 2. The number of nitrogens with two attached hydrogens (primary N) is 2. The zero-order valence-corrected chi connectivity index (χ0v) is 19.3. The first-order valence-corrected chi connectivity index (χ1v) is 11.7. The Morgan fingerprint density at radius 1 is 1.03 bits per heavy atom. The van der Waals surface area contributed by atoms with Crippen molar-refractivity contribution in [2.45, 2.75) is 58.0 Å². The summed E-state index contributed by atoms with van der Waals surface area (Å²) in [5, 5.41) is 0. The highest BCUT2D eigenvalue weighted by molar-refractivity contribution is 5.90. The summed E-state index contributed by atoms with van der Waals surface area (Å²) >= 11 is 0. The molecule has 0 unspecified atom stereocenters. The van der Waals surface area contributed by atoms with E-state index >= 15 is 0 Å². The first-order chi connectivity index (χ1) is 15.9. The first-order valence-electron chi connectivity index (χ1n) is 11.7. The standard InChI is InChI=1S/C27H34N2O4/c1-2-3-19-6-12-24(13-7-19)33-27(31)21-9-4-20(5-10-21)8-15-26(30)32-17-16-22-18-23(28)11-14-25(22)29/h4-5,8-11,14-15,18-19,24H,2-3,6-7,12-13,16-17,28-29H2,1H3/b15-8+. The van der Waals surface area contributed by atoms with E-state index in [4.69, 9.17) is 20.9 Å². The zero-order chi connectivity index (χ0) is 23.6. The summed E-state index contributed by atoms with van der Waals surface area (Å²) in [4.78, 5) is 24.4. The Hall–Kier alpha value is -3.28. The Morgan fingerprint density at radius 3 is 2.45 bits per heavy atom. The van der Waals surface area contributed by atoms with E-state index in [1.807, 2.05) is 0 Å². The second kappa shape index (κ2) is 12.1. The number of ether oxygens (including phenoxy) is 2. The van der Waals surface area contributed by atoms with Crippen LogP contribution in [0.15, 0.2) is 48.5 Å². The molecule has 0 aromatic heterocycles. The van der Waals surface area contributed by atoms with Crippen LogP contribution in [0, 0.1) is 5.92 Å². The van der Waals surface area contributed by atoms with Gasteiger partial charge in [0.05, 0.1) is 12.2 Å². The maximum atomic E-state index is 12.4. The van der Waals surface area contributed by atoms with E-state index < -0.39 is 5.97 Å². The molecule has 1 aliphatic carbocycles. The van der Waals surface area contributed by atoms with E-state index in [0.29, 0.717) is 23.4 Å². The second-order valence-corrected chi connectivity index (χ2v) is 8.67. The van der Waals surface area contributed by atoms with Gasteiger partial charge in [0, 0.05) is 23.9 Å². The fourth-order valence-electron chi connectivity index (χ4n) is 4.21. The number of rotatable bonds is 9. The molecule has 1 fully saturated rings. The van der Waals surface area contributed by atoms with Crippen LogP contribution < -0.4 is 11.5 Å². The molecular formula is C27H34N2O4. The van der Waals surface area contributed by atoms with Crippen LogP contribution in [0.25, 0.3) is 6.08 Å². The van der Waals surface area contributed by atoms with Gasteiger partial charge in [-0.3, -0.25) is 0 Å². The van der Waals surface area contributed by atoms with Gasteiger partial charge in [-0.05, 0) is 79.1 Å². The topological polar surface area (TPSA) is 105 Å². The average Bonchev–Trinajstić information content (AvgIpc) is 2.81. The molecule has 2 aromatic carbocycles. The summed E-state index contributed by atoms with van der Waals surface area (Å²) in [7, 11) is 0. The lowest BCUT2D eigenvalue weighted by molar-refractivity contribution is -0.137. The fraction of sp³-hybridized carbons (Fsp3) is 0.407. The Kier molecular flexibility index (Phi) is 8.93. The van der Waals surface area contributed by atoms with Crippen molar-refractivity contribution >= 4 is 29.4 Å². The molecule has 0 radical (unpaired) electrons. The maximum absolute atomic E-state index is 12.4. The molecule has 0 bridgehead atoms. The van der Waals surface area contributed by atoms with Crippen molar-refractivity contribution in [3.05, 3.63) is 65.2 Å². The molecule has 0 saturated heterocycles. The van der Waals surface area contributed by atoms with Crippen LogP contribution in [-0.2, 0) is 20.7 Å². The van der Waals surface area contributed by atoms with Crippen molar-refractivity contribution < 1.29 is 19.1 Å². The van der Waals surface area contributed by atoms with Gasteiger partial charge in [-0.2, -0.15) is 0 Å². The van der Waals surface area contributed by atoms with Crippen LogP contribution in [0.5, 0.6) is 0 Å². The molecule has 0 spiro atoms. The highest BCUT2D eigenvalue weighted by Gasteiger charge is 2.23. The molecular weight excluding hydrogens is 416 g/mol. The molecule has 1 aliphatic rings. The molecule has 6 nitrogen and oxygen atoms in total. The smallest absolute Gasteiger partial charge is 0.338 e. The lowest BCUT2D eigenvalue weighted by Gasteiger charge is -2.28. The van der Waals surface area contributed by atoms with Crippen molar-refractivity contribution in [3.63, 3.8) is 0 Å². The molecule has 0 atom stereocenters. The summed E-state index contributed by atoms with van der Waals surface area (Å²) in [5.41, 5.74) is 15.1. The van der Waals surface area contributed by atoms with E-state index in [1.165, 1.54) is 18.9 Å². The number of carbonyl (C=O) groups excluding carboxylic acids is 2. The number of hydrogen-bond acceptors (Lipinski definition) is 6. The predicted octanol–water partition coefficient (Wildman–Crippen LogP) is 5.17. The Bertz CT molecular complexity index is 961. The van der Waals surface area contributed by atoms with Gasteiger partial charge in [0.25, 0.3) is 0 Å². The molecule has 0 amide bonds. The zero-order valence-electron chi connectivity index (χ0n) is 19.3. The Morgan fingerprint density at radius 2 is 1.76 bits per heavy atom. The largest absolute Gasteiger partial charge is 0.462 e. The quantitative estimate of drug-likeness (QED) is 0.310. The highest BCUT2D eigenvalue weighted by Crippen LogP contribution is 2.29. The molecule has 6 heteroatoms. The van der Waals surface area contributed by atoms with Gasteiger partial charge in [-0.1, -0.05) is 31.9 Å². The lowest BCUT2D eigenvalue weighted by atomic mass is 9.85. The third-order valence-corrected chi connectivity index (χ3v) is 6.11. The number of esters is 2. The molecule has 0 heterocycles. The van der Waals surface area contributed by atoms with Crippen LogP contribution >= 0.6 is 0 Å². The summed E-state index contributed by atoms with van der Waals surface area (Å²) in [6.45, 7) is 2.43. The normalized spacial score (nSPS) is 18.2. The van der Waals surface area contributed by atoms with Crippen LogP contribution in [0.1, 0.15) is 66.9 Å². The highest BCUT2D eigenvalue weighted by atomic mass is 16.5. The number of anilines is 2. The lowest BCUT2D eigenvalue weighted by Crippen LogP contribution is -2.24. The summed E-state index contributed by atoms with van der Waals surface area (Å²) in [5.74, 6) is 0.0438. The molecule has 33 heavy (non-hydrogen) atoms. The van der Waals surface area contributed by atoms with E-state index in [1.54, 1.807) is 48.5 Å². The third kappa shape index (κ3) is 7.67. The molecule has 176 valence electrons. The summed E-state index contributed by atoms with van der Waals surface area (Å²) in [6, 6.07) is 12.3. The van der Waals surface area contributed by atoms with Crippen molar-refractivity contribution in [3.8, 4) is 0 Å². The summed E-state index contributed by atoms with van der Waals surface area (Å²) < 4.78 is 10.9. The SMILES string of the molecule is CCCC1CCC(OC(=O)c2ccc(/C=C/C(=O)OCCc3cc(N)ccc3N)cc2)CC1. The monoisotopic (exact) mass is 450 g/mol. The van der Waals surface area contributed by atoms with Gasteiger partial charge >= 0.3 is 11.9 Å². The van der Waals surface area contributed by atoms with E-state index in [2.05, 4.69) is 6.92 Å². The van der Waals surface area contributed by atoms with E-state index in [-0.39, 0.29) is 18.7 Å². The minimum Gasteiger partial charge on any atom is -0.462 e. The Balaban J connectivity index is 1.42. The predicted molar refractivity (Wildman–Crippen MR) is 131 cm³/mol. The van der Waals surface area contributed by atoms with Gasteiger partial charge in [0.1, 0.15) is 6.10 Å². The third-order valence-electron chi connectivity index (χ3n) is 6.11. The second-order valence-electron chi connectivity index (χ2n) is 8.67. The van der Waals surface area contributed by atoms with Gasteiger partial charge in [0.15, 0.2) is 0 Å². The number of benzene rings is 2. The molecule has 2 aromatic rings. The maximum Gasteiger partial charge on any atom is 0.338 e. The van der Waals surface area contributed by atoms with Crippen LogP contribution in [-0.4, -0.2) is 24.6 Å². The van der Waals surface area contributed by atoms with Crippen LogP contribution in [0.2, 0.25) is 0 Å². The van der Waals surface area contributed by atoms with Gasteiger partial charge in [-0.15, -0.1) is 0 Å². The van der Waals surface area contributed by atoms with Crippen LogP contribution in [0.3, 0.4) is 0 Å². The van der Waals surface area contributed by atoms with E-state index in [0.717, 1.165) is 42.7 Å². The number of hydrogen-bond donors (Lipinski definition) is 2. The van der Waals surface area contributed by atoms with Gasteiger partial charge in [-0.25, -0.2) is 9.59 Å². The van der Waals surface area contributed by atoms with Crippen LogP contribution in [0.4, 0.5) is 11.4 Å². The van der Waals surface area contributed by atoms with E-state index in [9.17, 15) is 9.59 Å². The average molecular weight is 451 g/mol. The molecule has 0 aliphatic heterocycles. The minimum atomic E-state index is -0.445.